The fourth-order valence-corrected chi connectivity index (χ4v) is 5.82. The third kappa shape index (κ3) is 1.32. The molecule has 5 aliphatic rings. The first kappa shape index (κ1) is 9.90. The molecule has 2 N–H and O–H groups in total. The Kier molecular flexibility index (Phi) is 2.14. The minimum Gasteiger partial charge on any atom is -0.269 e. The van der Waals surface area contributed by atoms with Crippen molar-refractivity contribution in [3.63, 3.8) is 0 Å². The van der Waals surface area contributed by atoms with E-state index in [1.807, 2.05) is 0 Å². The maximum absolute atomic E-state index is 6.19. The third-order valence-corrected chi connectivity index (χ3v) is 6.09. The molecule has 1 heterocycles. The molecule has 0 spiro atoms. The van der Waals surface area contributed by atoms with E-state index in [4.69, 9.17) is 5.84 Å². The molecule has 0 amide bonds. The molecule has 4 bridgehead atoms. The maximum Gasteiger partial charge on any atom is 0.0275 e. The molecule has 1 unspecified atom stereocenters. The van der Waals surface area contributed by atoms with Gasteiger partial charge in [0, 0.05) is 12.6 Å². The first-order chi connectivity index (χ1) is 7.81. The van der Waals surface area contributed by atoms with Gasteiger partial charge in [0.1, 0.15) is 0 Å². The monoisotopic (exact) mass is 220 g/mol. The molecule has 16 heavy (non-hydrogen) atoms. The Labute approximate surface area is 98.5 Å². The van der Waals surface area contributed by atoms with Gasteiger partial charge in [0.2, 0.25) is 0 Å². The number of nitrogens with two attached hydrogens (primary N) is 1. The fourth-order valence-electron chi connectivity index (χ4n) is 5.82. The van der Waals surface area contributed by atoms with E-state index in [9.17, 15) is 0 Å². The van der Waals surface area contributed by atoms with E-state index < -0.39 is 0 Å². The van der Waals surface area contributed by atoms with Gasteiger partial charge in [-0.3, -0.25) is 5.84 Å². The highest BCUT2D eigenvalue weighted by molar-refractivity contribution is 5.02. The fraction of sp³-hybridized carbons (Fsp3) is 1.00. The average Bonchev–Trinajstić information content (AvgIpc) is 2.63. The van der Waals surface area contributed by atoms with Gasteiger partial charge in [-0.05, 0) is 74.5 Å². The molecular weight excluding hydrogens is 196 g/mol. The Bertz CT molecular complexity index is 260. The maximum atomic E-state index is 6.19. The van der Waals surface area contributed by atoms with E-state index >= 15 is 0 Å². The normalized spacial score (nSPS) is 56.1. The smallest absolute Gasteiger partial charge is 0.0275 e. The van der Waals surface area contributed by atoms with E-state index in [2.05, 4.69) is 5.01 Å². The summed E-state index contributed by atoms with van der Waals surface area (Å²) in [5, 5.41) is 2.19. The molecule has 0 radical (unpaired) electrons. The minimum atomic E-state index is 0.745. The topological polar surface area (TPSA) is 29.3 Å². The quantitative estimate of drug-likeness (QED) is 0.688. The molecule has 0 aromatic rings. The second-order valence-electron chi connectivity index (χ2n) is 6.96. The number of rotatable bonds is 1. The zero-order chi connectivity index (χ0) is 10.7. The molecule has 5 fully saturated rings. The van der Waals surface area contributed by atoms with Crippen LogP contribution >= 0.6 is 0 Å². The van der Waals surface area contributed by atoms with Gasteiger partial charge in [-0.15, -0.1) is 0 Å². The van der Waals surface area contributed by atoms with Crippen LogP contribution in [0, 0.1) is 29.6 Å². The Morgan fingerprint density at radius 3 is 2.00 bits per heavy atom. The van der Waals surface area contributed by atoms with Crippen molar-refractivity contribution in [3.05, 3.63) is 0 Å². The molecule has 0 aromatic heterocycles. The molecule has 1 aliphatic heterocycles. The van der Waals surface area contributed by atoms with Crippen LogP contribution in [0.2, 0.25) is 0 Å². The minimum absolute atomic E-state index is 0.745. The summed E-state index contributed by atoms with van der Waals surface area (Å²) >= 11 is 0. The summed E-state index contributed by atoms with van der Waals surface area (Å²) in [5.41, 5.74) is 0. The van der Waals surface area contributed by atoms with Crippen molar-refractivity contribution in [2.75, 3.05) is 6.54 Å². The molecule has 4 saturated carbocycles. The van der Waals surface area contributed by atoms with Gasteiger partial charge in [0.05, 0.1) is 0 Å². The predicted molar refractivity (Wildman–Crippen MR) is 64.5 cm³/mol. The number of hydrogen-bond donors (Lipinski definition) is 1. The van der Waals surface area contributed by atoms with Crippen molar-refractivity contribution in [1.29, 1.82) is 0 Å². The Hall–Kier alpha value is -0.0800. The van der Waals surface area contributed by atoms with E-state index in [-0.39, 0.29) is 0 Å². The lowest BCUT2D eigenvalue weighted by molar-refractivity contribution is -0.0672. The van der Waals surface area contributed by atoms with Crippen LogP contribution in [0.25, 0.3) is 0 Å². The molecule has 5 rings (SSSR count). The van der Waals surface area contributed by atoms with Gasteiger partial charge >= 0.3 is 0 Å². The van der Waals surface area contributed by atoms with Gasteiger partial charge in [-0.2, -0.15) is 0 Å². The molecule has 1 saturated heterocycles. The highest BCUT2D eigenvalue weighted by atomic mass is 15.4. The van der Waals surface area contributed by atoms with E-state index in [0.717, 1.165) is 42.2 Å². The van der Waals surface area contributed by atoms with E-state index in [1.54, 1.807) is 32.1 Å². The standard InChI is InChI=1S/C14H24N2/c15-16-3-1-2-13(16)14-11-5-9-4-10(7-11)8-12(14)6-9/h9-14H,1-8,15H2. The zero-order valence-electron chi connectivity index (χ0n) is 10.1. The summed E-state index contributed by atoms with van der Waals surface area (Å²) in [7, 11) is 0. The molecular formula is C14H24N2. The molecule has 2 heteroatoms. The average molecular weight is 220 g/mol. The SMILES string of the molecule is NN1CCCC1C1C2CC3CC(C2)CC1C3. The lowest BCUT2D eigenvalue weighted by Gasteiger charge is -2.56. The van der Waals surface area contributed by atoms with Gasteiger partial charge < -0.3 is 0 Å². The first-order valence-corrected chi connectivity index (χ1v) is 7.32. The van der Waals surface area contributed by atoms with Crippen LogP contribution in [0.3, 0.4) is 0 Å². The molecule has 2 nitrogen and oxygen atoms in total. The first-order valence-electron chi connectivity index (χ1n) is 7.32. The zero-order valence-corrected chi connectivity index (χ0v) is 10.1. The van der Waals surface area contributed by atoms with Crippen LogP contribution in [-0.4, -0.2) is 17.6 Å². The van der Waals surface area contributed by atoms with E-state index in [1.165, 1.54) is 12.8 Å². The van der Waals surface area contributed by atoms with Gasteiger partial charge in [-0.25, -0.2) is 5.01 Å². The van der Waals surface area contributed by atoms with Crippen LogP contribution < -0.4 is 5.84 Å². The molecule has 0 aromatic carbocycles. The lowest BCUT2D eigenvalue weighted by Crippen LogP contribution is -2.53. The third-order valence-electron chi connectivity index (χ3n) is 6.09. The second-order valence-corrected chi connectivity index (χ2v) is 6.96. The summed E-state index contributed by atoms with van der Waals surface area (Å²) in [6.45, 7) is 1.15. The van der Waals surface area contributed by atoms with Gasteiger partial charge in [0.25, 0.3) is 0 Å². The highest BCUT2D eigenvalue weighted by Crippen LogP contribution is 2.58. The Balaban J connectivity index is 1.60. The second kappa shape index (κ2) is 3.46. The van der Waals surface area contributed by atoms with Crippen LogP contribution in [0.4, 0.5) is 0 Å². The molecule has 1 atom stereocenters. The van der Waals surface area contributed by atoms with Crippen LogP contribution in [0.15, 0.2) is 0 Å². The molecule has 4 aliphatic carbocycles. The number of hydrazine groups is 1. The largest absolute Gasteiger partial charge is 0.269 e. The van der Waals surface area contributed by atoms with Crippen LogP contribution in [0.5, 0.6) is 0 Å². The van der Waals surface area contributed by atoms with Crippen LogP contribution in [0.1, 0.15) is 44.9 Å². The Morgan fingerprint density at radius 2 is 1.50 bits per heavy atom. The van der Waals surface area contributed by atoms with Gasteiger partial charge in [-0.1, -0.05) is 0 Å². The van der Waals surface area contributed by atoms with E-state index in [0.29, 0.717) is 0 Å². The predicted octanol–water partition coefficient (Wildman–Crippen LogP) is 2.40. The summed E-state index contributed by atoms with van der Waals surface area (Å²) in [6.07, 6.45) is 10.5. The van der Waals surface area contributed by atoms with Crippen molar-refractivity contribution in [2.45, 2.75) is 51.0 Å². The summed E-state index contributed by atoms with van der Waals surface area (Å²) < 4.78 is 0. The Morgan fingerprint density at radius 1 is 0.875 bits per heavy atom. The summed E-state index contributed by atoms with van der Waals surface area (Å²) in [4.78, 5) is 0. The van der Waals surface area contributed by atoms with Crippen molar-refractivity contribution >= 4 is 0 Å². The van der Waals surface area contributed by atoms with Gasteiger partial charge in [0.15, 0.2) is 0 Å². The van der Waals surface area contributed by atoms with Crippen molar-refractivity contribution < 1.29 is 0 Å². The van der Waals surface area contributed by atoms with Crippen molar-refractivity contribution in [2.24, 2.45) is 35.4 Å². The van der Waals surface area contributed by atoms with Crippen LogP contribution in [-0.2, 0) is 0 Å². The number of nitrogens with zero attached hydrogens (tertiary/aromatic N) is 1. The highest BCUT2D eigenvalue weighted by Gasteiger charge is 2.51. The van der Waals surface area contributed by atoms with Crippen molar-refractivity contribution in [1.82, 2.24) is 5.01 Å². The summed E-state index contributed by atoms with van der Waals surface area (Å²) in [6, 6.07) is 0.745. The van der Waals surface area contributed by atoms with Crippen molar-refractivity contribution in [3.8, 4) is 0 Å². The number of hydrogen-bond acceptors (Lipinski definition) is 2. The molecule has 90 valence electrons. The summed E-state index contributed by atoms with van der Waals surface area (Å²) in [5.74, 6) is 11.5. The lowest BCUT2D eigenvalue weighted by atomic mass is 9.50.